The van der Waals surface area contributed by atoms with E-state index in [-0.39, 0.29) is 11.9 Å². The second-order valence-electron chi connectivity index (χ2n) is 5.05. The maximum Gasteiger partial charge on any atom is 0.275 e. The molecule has 1 fully saturated rings. The molecule has 2 aromatic rings. The quantitative estimate of drug-likeness (QED) is 0.874. The van der Waals surface area contributed by atoms with Gasteiger partial charge in [-0.3, -0.25) is 9.48 Å². The summed E-state index contributed by atoms with van der Waals surface area (Å²) in [4.78, 5) is 14.4. The maximum absolute atomic E-state index is 12.6. The Morgan fingerprint density at radius 1 is 1.47 bits per heavy atom. The lowest BCUT2D eigenvalue weighted by Crippen LogP contribution is -2.38. The summed E-state index contributed by atoms with van der Waals surface area (Å²) >= 11 is 0. The molecule has 1 aromatic carbocycles. The normalized spacial score (nSPS) is 18.9. The Kier molecular flexibility index (Phi) is 2.98. The number of hydrogen-bond donors (Lipinski definition) is 1. The van der Waals surface area contributed by atoms with Crippen LogP contribution in [-0.4, -0.2) is 46.8 Å². The third kappa shape index (κ3) is 2.00. The largest absolute Gasteiger partial charge is 0.336 e. The van der Waals surface area contributed by atoms with Gasteiger partial charge in [-0.05, 0) is 19.0 Å². The Morgan fingerprint density at radius 2 is 2.26 bits per heavy atom. The summed E-state index contributed by atoms with van der Waals surface area (Å²) < 4.78 is 1.77. The molecular formula is C14H18N4O. The van der Waals surface area contributed by atoms with Gasteiger partial charge in [0.1, 0.15) is 0 Å². The van der Waals surface area contributed by atoms with E-state index in [1.165, 1.54) is 0 Å². The van der Waals surface area contributed by atoms with E-state index < -0.39 is 0 Å². The summed E-state index contributed by atoms with van der Waals surface area (Å²) in [6, 6.07) is 8.11. The minimum atomic E-state index is 0.00509. The number of carbonyl (C=O) groups excluding carboxylic acids is 1. The Labute approximate surface area is 112 Å². The van der Waals surface area contributed by atoms with Gasteiger partial charge in [-0.1, -0.05) is 18.2 Å². The molecule has 1 aliphatic rings. The molecule has 1 unspecified atom stereocenters. The number of nitrogens with zero attached hydrogens (tertiary/aromatic N) is 3. The van der Waals surface area contributed by atoms with Crippen molar-refractivity contribution in [2.24, 2.45) is 7.05 Å². The van der Waals surface area contributed by atoms with Crippen LogP contribution in [0.3, 0.4) is 0 Å². The van der Waals surface area contributed by atoms with Crippen molar-refractivity contribution in [1.82, 2.24) is 20.0 Å². The van der Waals surface area contributed by atoms with Crippen LogP contribution in [0.5, 0.6) is 0 Å². The molecular weight excluding hydrogens is 240 g/mol. The molecule has 5 nitrogen and oxygen atoms in total. The molecule has 0 aliphatic carbocycles. The predicted octanol–water partition coefficient (Wildman–Crippen LogP) is 1.01. The third-order valence-corrected chi connectivity index (χ3v) is 3.86. The van der Waals surface area contributed by atoms with Gasteiger partial charge in [-0.25, -0.2) is 0 Å². The van der Waals surface area contributed by atoms with Crippen molar-refractivity contribution in [1.29, 1.82) is 0 Å². The van der Waals surface area contributed by atoms with E-state index in [0.29, 0.717) is 5.69 Å². The Hall–Kier alpha value is -1.88. The summed E-state index contributed by atoms with van der Waals surface area (Å²) in [6.07, 6.45) is 1.01. The van der Waals surface area contributed by atoms with Crippen LogP contribution in [0.25, 0.3) is 10.9 Å². The number of fused-ring (bicyclic) bond motifs is 1. The van der Waals surface area contributed by atoms with Crippen LogP contribution in [0.15, 0.2) is 24.3 Å². The second kappa shape index (κ2) is 4.66. The standard InChI is InChI=1S/C14H18N4O/c1-17(10-7-8-15-9-10)14(19)13-11-5-3-4-6-12(11)18(2)16-13/h3-6,10,15H,7-9H2,1-2H3. The molecule has 1 N–H and O–H groups in total. The lowest BCUT2D eigenvalue weighted by atomic mass is 10.1. The monoisotopic (exact) mass is 258 g/mol. The molecule has 0 radical (unpaired) electrons. The van der Waals surface area contributed by atoms with E-state index in [1.807, 2.05) is 43.3 Å². The van der Waals surface area contributed by atoms with Crippen molar-refractivity contribution in [2.45, 2.75) is 12.5 Å². The topological polar surface area (TPSA) is 50.2 Å². The van der Waals surface area contributed by atoms with Crippen molar-refractivity contribution < 1.29 is 4.79 Å². The van der Waals surface area contributed by atoms with Gasteiger partial charge in [0.15, 0.2) is 5.69 Å². The fourth-order valence-corrected chi connectivity index (χ4v) is 2.67. The highest BCUT2D eigenvalue weighted by Crippen LogP contribution is 2.20. The van der Waals surface area contributed by atoms with E-state index in [4.69, 9.17) is 0 Å². The van der Waals surface area contributed by atoms with E-state index in [1.54, 1.807) is 4.68 Å². The first-order valence-electron chi connectivity index (χ1n) is 6.58. The number of nitrogens with one attached hydrogen (secondary N) is 1. The second-order valence-corrected chi connectivity index (χ2v) is 5.05. The maximum atomic E-state index is 12.6. The summed E-state index contributed by atoms with van der Waals surface area (Å²) in [6.45, 7) is 1.85. The molecule has 1 aliphatic heterocycles. The van der Waals surface area contributed by atoms with Gasteiger partial charge in [-0.15, -0.1) is 0 Å². The van der Waals surface area contributed by atoms with Crippen molar-refractivity contribution in [3.63, 3.8) is 0 Å². The number of rotatable bonds is 2. The first-order valence-corrected chi connectivity index (χ1v) is 6.58. The molecule has 1 amide bonds. The zero-order valence-electron chi connectivity index (χ0n) is 11.3. The number of para-hydroxylation sites is 1. The minimum Gasteiger partial charge on any atom is -0.336 e. The molecule has 2 heterocycles. The van der Waals surface area contributed by atoms with Crippen molar-refractivity contribution in [2.75, 3.05) is 20.1 Å². The number of aryl methyl sites for hydroxylation is 1. The summed E-state index contributed by atoms with van der Waals surface area (Å²) in [5.74, 6) is 0.00509. The molecule has 1 aromatic heterocycles. The Balaban J connectivity index is 1.97. The summed E-state index contributed by atoms with van der Waals surface area (Å²) in [5.41, 5.74) is 1.54. The first-order chi connectivity index (χ1) is 9.18. The van der Waals surface area contributed by atoms with Crippen LogP contribution in [0, 0.1) is 0 Å². The van der Waals surface area contributed by atoms with Crippen LogP contribution < -0.4 is 5.32 Å². The number of aromatic nitrogens is 2. The highest BCUT2D eigenvalue weighted by atomic mass is 16.2. The van der Waals surface area contributed by atoms with Gasteiger partial charge >= 0.3 is 0 Å². The molecule has 1 saturated heterocycles. The molecule has 0 saturated carbocycles. The number of benzene rings is 1. The number of hydrogen-bond acceptors (Lipinski definition) is 3. The average molecular weight is 258 g/mol. The molecule has 19 heavy (non-hydrogen) atoms. The van der Waals surface area contributed by atoms with Gasteiger partial charge in [0.2, 0.25) is 0 Å². The first kappa shape index (κ1) is 12.2. The highest BCUT2D eigenvalue weighted by Gasteiger charge is 2.26. The smallest absolute Gasteiger partial charge is 0.275 e. The SMILES string of the molecule is CN(C(=O)c1nn(C)c2ccccc12)C1CCNC1. The molecule has 100 valence electrons. The average Bonchev–Trinajstić information content (AvgIpc) is 3.06. The molecule has 5 heteroatoms. The zero-order chi connectivity index (χ0) is 13.4. The van der Waals surface area contributed by atoms with Crippen LogP contribution in [0.4, 0.5) is 0 Å². The van der Waals surface area contributed by atoms with Crippen LogP contribution >= 0.6 is 0 Å². The summed E-state index contributed by atoms with van der Waals surface area (Å²) in [5, 5.41) is 8.59. The van der Waals surface area contributed by atoms with E-state index in [2.05, 4.69) is 10.4 Å². The lowest BCUT2D eigenvalue weighted by Gasteiger charge is -2.22. The Morgan fingerprint density at radius 3 is 3.00 bits per heavy atom. The minimum absolute atomic E-state index is 0.00509. The third-order valence-electron chi connectivity index (χ3n) is 3.86. The molecule has 1 atom stereocenters. The fourth-order valence-electron chi connectivity index (χ4n) is 2.67. The van der Waals surface area contributed by atoms with E-state index in [9.17, 15) is 4.79 Å². The van der Waals surface area contributed by atoms with Gasteiger partial charge in [0.25, 0.3) is 5.91 Å². The zero-order valence-corrected chi connectivity index (χ0v) is 11.3. The van der Waals surface area contributed by atoms with Gasteiger partial charge in [0, 0.05) is 32.1 Å². The molecule has 0 bridgehead atoms. The van der Waals surface area contributed by atoms with Gasteiger partial charge < -0.3 is 10.2 Å². The van der Waals surface area contributed by atoms with Gasteiger partial charge in [-0.2, -0.15) is 5.10 Å². The number of amides is 1. The molecule has 3 rings (SSSR count). The fraction of sp³-hybridized carbons (Fsp3) is 0.429. The number of carbonyl (C=O) groups is 1. The van der Waals surface area contributed by atoms with Crippen molar-refractivity contribution in [3.8, 4) is 0 Å². The van der Waals surface area contributed by atoms with Crippen molar-refractivity contribution >= 4 is 16.8 Å². The van der Waals surface area contributed by atoms with Crippen LogP contribution in [0.2, 0.25) is 0 Å². The van der Waals surface area contributed by atoms with E-state index in [0.717, 1.165) is 30.4 Å². The number of likely N-dealkylation sites (N-methyl/N-ethyl adjacent to an activating group) is 1. The van der Waals surface area contributed by atoms with E-state index >= 15 is 0 Å². The Bertz CT molecular complexity index is 613. The lowest BCUT2D eigenvalue weighted by molar-refractivity contribution is 0.0739. The highest BCUT2D eigenvalue weighted by molar-refractivity contribution is 6.04. The van der Waals surface area contributed by atoms with Crippen LogP contribution in [0.1, 0.15) is 16.9 Å². The summed E-state index contributed by atoms with van der Waals surface area (Å²) in [7, 11) is 3.74. The van der Waals surface area contributed by atoms with Crippen LogP contribution in [-0.2, 0) is 7.05 Å². The van der Waals surface area contributed by atoms with Gasteiger partial charge in [0.05, 0.1) is 5.52 Å². The predicted molar refractivity (Wildman–Crippen MR) is 74.1 cm³/mol. The van der Waals surface area contributed by atoms with Crippen molar-refractivity contribution in [3.05, 3.63) is 30.0 Å². The molecule has 0 spiro atoms.